The molecule has 0 spiro atoms. The Labute approximate surface area is 128 Å². The van der Waals surface area contributed by atoms with Gasteiger partial charge in [0.15, 0.2) is 0 Å². The first kappa shape index (κ1) is 17.1. The molecule has 0 aliphatic carbocycles. The highest BCUT2D eigenvalue weighted by Crippen LogP contribution is 2.21. The van der Waals surface area contributed by atoms with Crippen LogP contribution in [0.4, 0.5) is 0 Å². The lowest BCUT2D eigenvalue weighted by Gasteiger charge is -2.32. The van der Waals surface area contributed by atoms with Crippen LogP contribution in [-0.4, -0.2) is 80.9 Å². The third-order valence-corrected chi connectivity index (χ3v) is 6.61. The standard InChI is InChI=1S/C14H29N3O3S/c1-12(2)15-10-13(3)21(18,19)17-5-4-14(11-17)16-6-8-20-9-7-16/h12-15H,4-11H2,1-3H3. The van der Waals surface area contributed by atoms with E-state index in [1.807, 2.05) is 13.8 Å². The predicted molar refractivity (Wildman–Crippen MR) is 83.9 cm³/mol. The molecule has 0 amide bonds. The molecule has 124 valence electrons. The van der Waals surface area contributed by atoms with Crippen molar-refractivity contribution in [3.63, 3.8) is 0 Å². The summed E-state index contributed by atoms with van der Waals surface area (Å²) in [5, 5.41) is 2.84. The van der Waals surface area contributed by atoms with Crippen LogP contribution in [0.2, 0.25) is 0 Å². The Morgan fingerprint density at radius 2 is 1.86 bits per heavy atom. The predicted octanol–water partition coefficient (Wildman–Crippen LogP) is 0.109. The minimum Gasteiger partial charge on any atom is -0.379 e. The van der Waals surface area contributed by atoms with Crippen LogP contribution in [0, 0.1) is 0 Å². The fraction of sp³-hybridized carbons (Fsp3) is 1.00. The van der Waals surface area contributed by atoms with Gasteiger partial charge < -0.3 is 10.1 Å². The van der Waals surface area contributed by atoms with Gasteiger partial charge in [-0.15, -0.1) is 0 Å². The largest absolute Gasteiger partial charge is 0.379 e. The molecule has 1 N–H and O–H groups in total. The summed E-state index contributed by atoms with van der Waals surface area (Å²) in [6.45, 7) is 11.0. The highest BCUT2D eigenvalue weighted by molar-refractivity contribution is 7.89. The summed E-state index contributed by atoms with van der Waals surface area (Å²) >= 11 is 0. The molecule has 21 heavy (non-hydrogen) atoms. The second kappa shape index (κ2) is 7.37. The summed E-state index contributed by atoms with van der Waals surface area (Å²) in [5.41, 5.74) is 0. The van der Waals surface area contributed by atoms with E-state index < -0.39 is 10.0 Å². The van der Waals surface area contributed by atoms with Crippen LogP contribution in [0.25, 0.3) is 0 Å². The molecule has 0 aromatic carbocycles. The summed E-state index contributed by atoms with van der Waals surface area (Å²) in [7, 11) is -3.19. The zero-order chi connectivity index (χ0) is 15.5. The summed E-state index contributed by atoms with van der Waals surface area (Å²) < 4.78 is 32.3. The topological polar surface area (TPSA) is 61.9 Å². The normalized spacial score (nSPS) is 27.3. The molecule has 2 heterocycles. The molecule has 2 unspecified atom stereocenters. The van der Waals surface area contributed by atoms with Crippen LogP contribution in [0.5, 0.6) is 0 Å². The smallest absolute Gasteiger partial charge is 0.218 e. The second-order valence-electron chi connectivity index (χ2n) is 6.37. The first-order valence-electron chi connectivity index (χ1n) is 7.95. The van der Waals surface area contributed by atoms with Crippen molar-refractivity contribution >= 4 is 10.0 Å². The third kappa shape index (κ3) is 4.39. The van der Waals surface area contributed by atoms with Crippen LogP contribution in [0.3, 0.4) is 0 Å². The monoisotopic (exact) mass is 319 g/mol. The number of sulfonamides is 1. The summed E-state index contributed by atoms with van der Waals surface area (Å²) in [4.78, 5) is 2.37. The number of nitrogens with zero attached hydrogens (tertiary/aromatic N) is 2. The molecule has 0 aromatic heterocycles. The molecule has 0 aromatic rings. The Bertz CT molecular complexity index is 421. The van der Waals surface area contributed by atoms with E-state index in [9.17, 15) is 8.42 Å². The van der Waals surface area contributed by atoms with Gasteiger partial charge >= 0.3 is 0 Å². The number of hydrogen-bond acceptors (Lipinski definition) is 5. The molecule has 0 saturated carbocycles. The van der Waals surface area contributed by atoms with Crippen molar-refractivity contribution < 1.29 is 13.2 Å². The van der Waals surface area contributed by atoms with Gasteiger partial charge in [-0.3, -0.25) is 4.90 Å². The molecule has 2 aliphatic heterocycles. The molecule has 0 radical (unpaired) electrons. The highest BCUT2D eigenvalue weighted by Gasteiger charge is 2.37. The Kier molecular flexibility index (Phi) is 6.02. The number of hydrogen-bond donors (Lipinski definition) is 1. The number of rotatable bonds is 6. The van der Waals surface area contributed by atoms with E-state index in [1.165, 1.54) is 0 Å². The number of morpholine rings is 1. The molecule has 0 bridgehead atoms. The molecular formula is C14H29N3O3S. The van der Waals surface area contributed by atoms with E-state index in [1.54, 1.807) is 11.2 Å². The zero-order valence-electron chi connectivity index (χ0n) is 13.4. The third-order valence-electron chi connectivity index (χ3n) is 4.37. The van der Waals surface area contributed by atoms with Gasteiger partial charge in [0.05, 0.1) is 18.5 Å². The average molecular weight is 319 g/mol. The van der Waals surface area contributed by atoms with E-state index in [2.05, 4.69) is 10.2 Å². The van der Waals surface area contributed by atoms with Gasteiger partial charge in [-0.2, -0.15) is 0 Å². The molecule has 2 fully saturated rings. The second-order valence-corrected chi connectivity index (χ2v) is 8.72. The zero-order valence-corrected chi connectivity index (χ0v) is 14.2. The minimum absolute atomic E-state index is 0.308. The molecule has 2 rings (SSSR count). The maximum atomic E-state index is 12.6. The van der Waals surface area contributed by atoms with Gasteiger partial charge in [0, 0.05) is 44.8 Å². The Hall–Kier alpha value is -0.210. The lowest BCUT2D eigenvalue weighted by atomic mass is 10.2. The van der Waals surface area contributed by atoms with Gasteiger partial charge in [-0.05, 0) is 13.3 Å². The molecule has 2 aliphatic rings. The first-order valence-corrected chi connectivity index (χ1v) is 9.45. The van der Waals surface area contributed by atoms with Gasteiger partial charge in [0.2, 0.25) is 10.0 Å². The summed E-state index contributed by atoms with van der Waals surface area (Å²) in [6.07, 6.45) is 0.934. The van der Waals surface area contributed by atoms with Crippen molar-refractivity contribution in [3.8, 4) is 0 Å². The maximum Gasteiger partial charge on any atom is 0.218 e. The lowest BCUT2D eigenvalue weighted by molar-refractivity contribution is 0.0196. The molecule has 2 atom stereocenters. The van der Waals surface area contributed by atoms with Crippen molar-refractivity contribution in [3.05, 3.63) is 0 Å². The summed E-state index contributed by atoms with van der Waals surface area (Å²) in [6, 6.07) is 0.663. The van der Waals surface area contributed by atoms with Crippen LogP contribution < -0.4 is 5.32 Å². The van der Waals surface area contributed by atoms with E-state index in [-0.39, 0.29) is 5.25 Å². The molecule has 7 heteroatoms. The molecule has 2 saturated heterocycles. The van der Waals surface area contributed by atoms with Crippen molar-refractivity contribution in [2.75, 3.05) is 45.9 Å². The number of nitrogens with one attached hydrogen (secondary N) is 1. The highest BCUT2D eigenvalue weighted by atomic mass is 32.2. The lowest BCUT2D eigenvalue weighted by Crippen LogP contribution is -2.47. The van der Waals surface area contributed by atoms with Crippen LogP contribution in [0.15, 0.2) is 0 Å². The van der Waals surface area contributed by atoms with Crippen LogP contribution >= 0.6 is 0 Å². The number of ether oxygens (including phenoxy) is 1. The molecule has 6 nitrogen and oxygen atoms in total. The quantitative estimate of drug-likeness (QED) is 0.753. The Morgan fingerprint density at radius 1 is 1.19 bits per heavy atom. The van der Waals surface area contributed by atoms with Gasteiger partial charge in [-0.1, -0.05) is 13.8 Å². The van der Waals surface area contributed by atoms with Crippen LogP contribution in [0.1, 0.15) is 27.2 Å². The van der Waals surface area contributed by atoms with Crippen LogP contribution in [-0.2, 0) is 14.8 Å². The van der Waals surface area contributed by atoms with Crippen molar-refractivity contribution in [1.29, 1.82) is 0 Å². The van der Waals surface area contributed by atoms with E-state index in [4.69, 9.17) is 4.74 Å². The maximum absolute atomic E-state index is 12.6. The van der Waals surface area contributed by atoms with Gasteiger partial charge in [-0.25, -0.2) is 12.7 Å². The van der Waals surface area contributed by atoms with E-state index in [0.29, 0.717) is 31.7 Å². The minimum atomic E-state index is -3.19. The fourth-order valence-electron chi connectivity index (χ4n) is 2.94. The van der Waals surface area contributed by atoms with Crippen molar-refractivity contribution in [1.82, 2.24) is 14.5 Å². The summed E-state index contributed by atoms with van der Waals surface area (Å²) in [5.74, 6) is 0. The van der Waals surface area contributed by atoms with Crippen molar-refractivity contribution in [2.45, 2.75) is 44.5 Å². The average Bonchev–Trinajstić information content (AvgIpc) is 2.96. The molecular weight excluding hydrogens is 290 g/mol. The fourth-order valence-corrected chi connectivity index (χ4v) is 4.50. The Balaban J connectivity index is 1.89. The SMILES string of the molecule is CC(C)NCC(C)S(=O)(=O)N1CCC(N2CCOCC2)C1. The van der Waals surface area contributed by atoms with E-state index in [0.717, 1.165) is 32.7 Å². The Morgan fingerprint density at radius 3 is 2.48 bits per heavy atom. The first-order chi connectivity index (χ1) is 9.91. The van der Waals surface area contributed by atoms with Gasteiger partial charge in [0.25, 0.3) is 0 Å². The van der Waals surface area contributed by atoms with Gasteiger partial charge in [0.1, 0.15) is 0 Å². The van der Waals surface area contributed by atoms with Crippen molar-refractivity contribution in [2.24, 2.45) is 0 Å². The van der Waals surface area contributed by atoms with E-state index >= 15 is 0 Å².